The molecule has 0 bridgehead atoms. The Labute approximate surface area is 143 Å². The standard InChI is InChI=1S/C18H12ClN3S/c19-15-8-6-13(7-9-15)17-12-23-18(22-17)14(10-20)11-21-16-4-2-1-3-5-16/h1-9,11-12,21H/b14-11+. The minimum Gasteiger partial charge on any atom is -0.360 e. The van der Waals surface area contributed by atoms with Crippen molar-refractivity contribution >= 4 is 34.2 Å². The van der Waals surface area contributed by atoms with Crippen LogP contribution >= 0.6 is 22.9 Å². The molecular formula is C18H12ClN3S. The summed E-state index contributed by atoms with van der Waals surface area (Å²) >= 11 is 7.34. The Kier molecular flexibility index (Phi) is 4.72. The Balaban J connectivity index is 1.83. The lowest BCUT2D eigenvalue weighted by molar-refractivity contribution is 1.36. The number of nitrogens with one attached hydrogen (secondary N) is 1. The van der Waals surface area contributed by atoms with Crippen LogP contribution in [0, 0.1) is 11.3 Å². The molecule has 1 N–H and O–H groups in total. The number of hydrogen-bond acceptors (Lipinski definition) is 4. The molecule has 0 aliphatic heterocycles. The highest BCUT2D eigenvalue weighted by molar-refractivity contribution is 7.11. The van der Waals surface area contributed by atoms with E-state index >= 15 is 0 Å². The minimum atomic E-state index is 0.499. The van der Waals surface area contributed by atoms with Crippen LogP contribution in [0.15, 0.2) is 66.2 Å². The van der Waals surface area contributed by atoms with Crippen LogP contribution < -0.4 is 5.32 Å². The molecule has 3 nitrogen and oxygen atoms in total. The molecule has 5 heteroatoms. The molecule has 0 atom stereocenters. The molecular weight excluding hydrogens is 326 g/mol. The first-order chi connectivity index (χ1) is 11.3. The van der Waals surface area contributed by atoms with Crippen molar-refractivity contribution in [1.82, 2.24) is 4.98 Å². The average molecular weight is 338 g/mol. The first kappa shape index (κ1) is 15.3. The van der Waals surface area contributed by atoms with Crippen molar-refractivity contribution in [3.63, 3.8) is 0 Å². The monoisotopic (exact) mass is 337 g/mol. The third-order valence-electron chi connectivity index (χ3n) is 3.15. The second-order valence-corrected chi connectivity index (χ2v) is 6.02. The van der Waals surface area contributed by atoms with Crippen LogP contribution in [0.5, 0.6) is 0 Å². The normalized spacial score (nSPS) is 11.0. The Morgan fingerprint density at radius 3 is 2.57 bits per heavy atom. The summed E-state index contributed by atoms with van der Waals surface area (Å²) in [6, 6.07) is 19.4. The number of nitriles is 1. The van der Waals surface area contributed by atoms with Gasteiger partial charge in [0.2, 0.25) is 0 Å². The first-order valence-electron chi connectivity index (χ1n) is 6.90. The van der Waals surface area contributed by atoms with Gasteiger partial charge in [0.05, 0.1) is 5.69 Å². The molecule has 0 amide bonds. The van der Waals surface area contributed by atoms with Gasteiger partial charge < -0.3 is 5.32 Å². The van der Waals surface area contributed by atoms with E-state index in [4.69, 9.17) is 11.6 Å². The lowest BCUT2D eigenvalue weighted by Crippen LogP contribution is -1.90. The quantitative estimate of drug-likeness (QED) is 0.645. The molecule has 0 unspecified atom stereocenters. The third kappa shape index (κ3) is 3.78. The number of nitrogens with zero attached hydrogens (tertiary/aromatic N) is 2. The highest BCUT2D eigenvalue weighted by Gasteiger charge is 2.09. The molecule has 23 heavy (non-hydrogen) atoms. The molecule has 3 rings (SSSR count). The van der Waals surface area contributed by atoms with Crippen molar-refractivity contribution < 1.29 is 0 Å². The lowest BCUT2D eigenvalue weighted by atomic mass is 10.2. The molecule has 0 saturated heterocycles. The molecule has 0 radical (unpaired) electrons. The molecule has 112 valence electrons. The molecule has 0 spiro atoms. The van der Waals surface area contributed by atoms with Gasteiger partial charge in [0, 0.05) is 27.9 Å². The summed E-state index contributed by atoms with van der Waals surface area (Å²) in [5.74, 6) is 0. The molecule has 2 aromatic carbocycles. The number of hydrogen-bond donors (Lipinski definition) is 1. The number of allylic oxidation sites excluding steroid dienone is 1. The van der Waals surface area contributed by atoms with Gasteiger partial charge in [0.15, 0.2) is 0 Å². The van der Waals surface area contributed by atoms with Crippen molar-refractivity contribution in [1.29, 1.82) is 5.26 Å². The molecule has 1 heterocycles. The Bertz CT molecular complexity index is 861. The summed E-state index contributed by atoms with van der Waals surface area (Å²) in [6.45, 7) is 0. The Hall–Kier alpha value is -2.61. The van der Waals surface area contributed by atoms with Gasteiger partial charge in [0.25, 0.3) is 0 Å². The van der Waals surface area contributed by atoms with Crippen LogP contribution in [0.1, 0.15) is 5.01 Å². The summed E-state index contributed by atoms with van der Waals surface area (Å²) < 4.78 is 0. The highest BCUT2D eigenvalue weighted by atomic mass is 35.5. The Morgan fingerprint density at radius 2 is 1.87 bits per heavy atom. The molecule has 0 saturated carbocycles. The van der Waals surface area contributed by atoms with Crippen LogP contribution in [0.4, 0.5) is 5.69 Å². The Morgan fingerprint density at radius 1 is 1.13 bits per heavy atom. The number of para-hydroxylation sites is 1. The second-order valence-electron chi connectivity index (χ2n) is 4.72. The molecule has 3 aromatic rings. The third-order valence-corrected chi connectivity index (χ3v) is 4.28. The summed E-state index contributed by atoms with van der Waals surface area (Å²) in [5.41, 5.74) is 3.24. The number of rotatable bonds is 4. The SMILES string of the molecule is N#C/C(=C\Nc1ccccc1)c1nc(-c2ccc(Cl)cc2)cs1. The maximum Gasteiger partial charge on any atom is 0.136 e. The van der Waals surface area contributed by atoms with E-state index in [0.29, 0.717) is 15.6 Å². The van der Waals surface area contributed by atoms with E-state index < -0.39 is 0 Å². The molecule has 1 aromatic heterocycles. The van der Waals surface area contributed by atoms with E-state index in [1.54, 1.807) is 6.20 Å². The van der Waals surface area contributed by atoms with E-state index in [2.05, 4.69) is 16.4 Å². The second kappa shape index (κ2) is 7.10. The van der Waals surface area contributed by atoms with Crippen molar-refractivity contribution in [3.8, 4) is 17.3 Å². The van der Waals surface area contributed by atoms with Gasteiger partial charge in [-0.05, 0) is 24.3 Å². The summed E-state index contributed by atoms with van der Waals surface area (Å²) in [7, 11) is 0. The van der Waals surface area contributed by atoms with Crippen molar-refractivity contribution in [2.75, 3.05) is 5.32 Å². The summed E-state index contributed by atoms with van der Waals surface area (Å²) in [4.78, 5) is 4.54. The zero-order valence-electron chi connectivity index (χ0n) is 12.0. The predicted octanol–water partition coefficient (Wildman–Crippen LogP) is 5.44. The topological polar surface area (TPSA) is 48.7 Å². The molecule has 0 fully saturated rings. The number of benzene rings is 2. The van der Waals surface area contributed by atoms with Crippen LogP contribution in [-0.4, -0.2) is 4.98 Å². The zero-order valence-corrected chi connectivity index (χ0v) is 13.6. The number of thiazole rings is 1. The predicted molar refractivity (Wildman–Crippen MR) is 96.2 cm³/mol. The maximum absolute atomic E-state index is 9.36. The smallest absolute Gasteiger partial charge is 0.136 e. The van der Waals surface area contributed by atoms with Gasteiger partial charge in [-0.3, -0.25) is 0 Å². The van der Waals surface area contributed by atoms with Gasteiger partial charge in [-0.15, -0.1) is 11.3 Å². The maximum atomic E-state index is 9.36. The molecule has 0 aliphatic rings. The summed E-state index contributed by atoms with van der Waals surface area (Å²) in [6.07, 6.45) is 1.68. The van der Waals surface area contributed by atoms with Gasteiger partial charge in [-0.25, -0.2) is 4.98 Å². The van der Waals surface area contributed by atoms with Gasteiger partial charge in [-0.2, -0.15) is 5.26 Å². The van der Waals surface area contributed by atoms with Gasteiger partial charge >= 0.3 is 0 Å². The fraction of sp³-hybridized carbons (Fsp3) is 0. The van der Waals surface area contributed by atoms with E-state index in [1.165, 1.54) is 11.3 Å². The van der Waals surface area contributed by atoms with Crippen LogP contribution in [-0.2, 0) is 0 Å². The van der Waals surface area contributed by atoms with E-state index in [-0.39, 0.29) is 0 Å². The fourth-order valence-corrected chi connectivity index (χ4v) is 2.90. The van der Waals surface area contributed by atoms with E-state index in [9.17, 15) is 5.26 Å². The van der Waals surface area contributed by atoms with Crippen molar-refractivity contribution in [2.24, 2.45) is 0 Å². The van der Waals surface area contributed by atoms with Crippen LogP contribution in [0.3, 0.4) is 0 Å². The van der Waals surface area contributed by atoms with Crippen LogP contribution in [0.2, 0.25) is 5.02 Å². The van der Waals surface area contributed by atoms with Gasteiger partial charge in [0.1, 0.15) is 16.6 Å². The average Bonchev–Trinajstić information content (AvgIpc) is 3.07. The number of aromatic nitrogens is 1. The fourth-order valence-electron chi connectivity index (χ4n) is 1.98. The number of anilines is 1. The first-order valence-corrected chi connectivity index (χ1v) is 8.16. The lowest BCUT2D eigenvalue weighted by Gasteiger charge is -2.00. The van der Waals surface area contributed by atoms with E-state index in [0.717, 1.165) is 16.9 Å². The van der Waals surface area contributed by atoms with Gasteiger partial charge in [-0.1, -0.05) is 41.9 Å². The van der Waals surface area contributed by atoms with E-state index in [1.807, 2.05) is 60.0 Å². The number of halogens is 1. The molecule has 0 aliphatic carbocycles. The summed E-state index contributed by atoms with van der Waals surface area (Å²) in [5, 5.41) is 15.8. The minimum absolute atomic E-state index is 0.499. The van der Waals surface area contributed by atoms with Crippen molar-refractivity contribution in [3.05, 3.63) is 76.2 Å². The zero-order chi connectivity index (χ0) is 16.1. The highest BCUT2D eigenvalue weighted by Crippen LogP contribution is 2.27. The van der Waals surface area contributed by atoms with Crippen molar-refractivity contribution in [2.45, 2.75) is 0 Å². The van der Waals surface area contributed by atoms with Crippen LogP contribution in [0.25, 0.3) is 16.8 Å². The largest absolute Gasteiger partial charge is 0.360 e.